The van der Waals surface area contributed by atoms with Crippen LogP contribution in [-0.4, -0.2) is 17.3 Å². The van der Waals surface area contributed by atoms with Crippen molar-refractivity contribution >= 4 is 0 Å². The molecule has 2 rings (SSSR count). The van der Waals surface area contributed by atoms with Gasteiger partial charge in [-0.2, -0.15) is 0 Å². The summed E-state index contributed by atoms with van der Waals surface area (Å²) in [7, 11) is 1.53. The molecule has 0 saturated carbocycles. The van der Waals surface area contributed by atoms with Gasteiger partial charge >= 0.3 is 0 Å². The fraction of sp³-hybridized carbons (Fsp3) is 0.0909. The van der Waals surface area contributed by atoms with Crippen LogP contribution in [0.5, 0.6) is 5.88 Å². The van der Waals surface area contributed by atoms with Gasteiger partial charge < -0.3 is 4.74 Å². The molecule has 0 aliphatic carbocycles. The van der Waals surface area contributed by atoms with E-state index in [9.17, 15) is 4.39 Å². The van der Waals surface area contributed by atoms with Crippen LogP contribution in [0.25, 0.3) is 11.3 Å². The fourth-order valence-electron chi connectivity index (χ4n) is 1.20. The normalized spacial score (nSPS) is 10.0. The summed E-state index contributed by atoms with van der Waals surface area (Å²) in [5.74, 6) is 0.195. The molecule has 0 N–H and O–H groups in total. The van der Waals surface area contributed by atoms with E-state index in [0.717, 1.165) is 5.56 Å². The van der Waals surface area contributed by atoms with Gasteiger partial charge in [-0.15, -0.1) is 10.2 Å². The number of hydrogen-bond donors (Lipinski definition) is 0. The number of nitrogens with zero attached hydrogens (tertiary/aromatic N) is 2. The smallest absolute Gasteiger partial charge is 0.233 e. The molecule has 0 amide bonds. The lowest BCUT2D eigenvalue weighted by Gasteiger charge is -2.00. The molecule has 0 radical (unpaired) electrons. The minimum atomic E-state index is -0.264. The van der Waals surface area contributed by atoms with E-state index >= 15 is 0 Å². The highest BCUT2D eigenvalue weighted by atomic mass is 19.1. The van der Waals surface area contributed by atoms with E-state index in [2.05, 4.69) is 10.2 Å². The van der Waals surface area contributed by atoms with Gasteiger partial charge in [0.05, 0.1) is 12.8 Å². The average molecular weight is 204 g/mol. The highest BCUT2D eigenvalue weighted by Gasteiger charge is 2.00. The summed E-state index contributed by atoms with van der Waals surface area (Å²) in [6.45, 7) is 0. The molecule has 1 aromatic heterocycles. The van der Waals surface area contributed by atoms with Crippen LogP contribution < -0.4 is 4.74 Å². The molecule has 0 bridgehead atoms. The highest BCUT2D eigenvalue weighted by Crippen LogP contribution is 2.17. The van der Waals surface area contributed by atoms with Gasteiger partial charge in [0.25, 0.3) is 0 Å². The van der Waals surface area contributed by atoms with Crippen molar-refractivity contribution in [2.75, 3.05) is 7.11 Å². The molecule has 0 atom stereocenters. The predicted molar refractivity (Wildman–Crippen MR) is 54.0 cm³/mol. The van der Waals surface area contributed by atoms with Gasteiger partial charge in [0.2, 0.25) is 5.88 Å². The Morgan fingerprint density at radius 1 is 1.00 bits per heavy atom. The Labute approximate surface area is 86.5 Å². The molecule has 0 aliphatic heterocycles. The molecule has 76 valence electrons. The summed E-state index contributed by atoms with van der Waals surface area (Å²) in [6, 6.07) is 9.59. The Morgan fingerprint density at radius 2 is 1.73 bits per heavy atom. The van der Waals surface area contributed by atoms with Gasteiger partial charge in [0, 0.05) is 11.6 Å². The van der Waals surface area contributed by atoms with Gasteiger partial charge in [0.15, 0.2) is 0 Å². The van der Waals surface area contributed by atoms with E-state index in [1.807, 2.05) is 0 Å². The number of methoxy groups -OCH3 is 1. The number of halogens is 1. The average Bonchev–Trinajstić information content (AvgIpc) is 2.30. The van der Waals surface area contributed by atoms with Gasteiger partial charge in [0.1, 0.15) is 5.82 Å². The second-order valence-corrected chi connectivity index (χ2v) is 2.97. The third-order valence-electron chi connectivity index (χ3n) is 1.99. The quantitative estimate of drug-likeness (QED) is 0.752. The zero-order valence-corrected chi connectivity index (χ0v) is 8.14. The van der Waals surface area contributed by atoms with Crippen LogP contribution in [-0.2, 0) is 0 Å². The van der Waals surface area contributed by atoms with Gasteiger partial charge in [-0.1, -0.05) is 0 Å². The first-order valence-electron chi connectivity index (χ1n) is 4.43. The first-order valence-corrected chi connectivity index (χ1v) is 4.43. The summed E-state index contributed by atoms with van der Waals surface area (Å²) in [4.78, 5) is 0. The lowest BCUT2D eigenvalue weighted by atomic mass is 10.1. The standard InChI is InChI=1S/C11H9FN2O/c1-15-11-7-6-10(13-14-11)8-2-4-9(12)5-3-8/h2-7H,1H3. The summed E-state index contributed by atoms with van der Waals surface area (Å²) < 4.78 is 17.6. The molecule has 0 spiro atoms. The number of hydrogen-bond acceptors (Lipinski definition) is 3. The van der Waals surface area contributed by atoms with Gasteiger partial charge in [-0.25, -0.2) is 4.39 Å². The van der Waals surface area contributed by atoms with Crippen LogP contribution in [0.2, 0.25) is 0 Å². The van der Waals surface area contributed by atoms with E-state index in [1.165, 1.54) is 19.2 Å². The zero-order valence-electron chi connectivity index (χ0n) is 8.14. The van der Waals surface area contributed by atoms with Crippen LogP contribution in [0.1, 0.15) is 0 Å². The molecular formula is C11H9FN2O. The van der Waals surface area contributed by atoms with Crippen molar-refractivity contribution in [2.45, 2.75) is 0 Å². The van der Waals surface area contributed by atoms with Gasteiger partial charge in [-0.3, -0.25) is 0 Å². The van der Waals surface area contributed by atoms with E-state index in [1.54, 1.807) is 24.3 Å². The second-order valence-electron chi connectivity index (χ2n) is 2.97. The zero-order chi connectivity index (χ0) is 10.7. The number of aromatic nitrogens is 2. The van der Waals surface area contributed by atoms with E-state index in [0.29, 0.717) is 11.6 Å². The lowest BCUT2D eigenvalue weighted by Crippen LogP contribution is -1.91. The fourth-order valence-corrected chi connectivity index (χ4v) is 1.20. The second kappa shape index (κ2) is 4.04. The van der Waals surface area contributed by atoms with Crippen LogP contribution in [0.4, 0.5) is 4.39 Å². The molecular weight excluding hydrogens is 195 g/mol. The maximum atomic E-state index is 12.7. The van der Waals surface area contributed by atoms with E-state index < -0.39 is 0 Å². The minimum Gasteiger partial charge on any atom is -0.480 e. The molecule has 3 nitrogen and oxygen atoms in total. The van der Waals surface area contributed by atoms with E-state index in [4.69, 9.17) is 4.74 Å². The third-order valence-corrected chi connectivity index (χ3v) is 1.99. The number of ether oxygens (including phenoxy) is 1. The van der Waals surface area contributed by atoms with Crippen molar-refractivity contribution in [2.24, 2.45) is 0 Å². The third kappa shape index (κ3) is 2.10. The first-order chi connectivity index (χ1) is 7.29. The van der Waals surface area contributed by atoms with Crippen molar-refractivity contribution < 1.29 is 9.13 Å². The largest absolute Gasteiger partial charge is 0.480 e. The SMILES string of the molecule is COc1ccc(-c2ccc(F)cc2)nn1. The Balaban J connectivity index is 2.33. The minimum absolute atomic E-state index is 0.264. The van der Waals surface area contributed by atoms with Crippen LogP contribution >= 0.6 is 0 Å². The maximum Gasteiger partial charge on any atom is 0.233 e. The topological polar surface area (TPSA) is 35.0 Å². The van der Waals surface area contributed by atoms with Crippen LogP contribution in [0.15, 0.2) is 36.4 Å². The van der Waals surface area contributed by atoms with E-state index in [-0.39, 0.29) is 5.82 Å². The molecule has 0 unspecified atom stereocenters. The number of rotatable bonds is 2. The molecule has 0 fully saturated rings. The maximum absolute atomic E-state index is 12.7. The summed E-state index contributed by atoms with van der Waals surface area (Å²) in [5.41, 5.74) is 1.52. The predicted octanol–water partition coefficient (Wildman–Crippen LogP) is 2.29. The molecule has 1 heterocycles. The Kier molecular flexibility index (Phi) is 2.58. The molecule has 0 saturated heterocycles. The Morgan fingerprint density at radius 3 is 2.27 bits per heavy atom. The molecule has 1 aromatic carbocycles. The highest BCUT2D eigenvalue weighted by molar-refractivity contribution is 5.58. The summed E-state index contributed by atoms with van der Waals surface area (Å²) in [6.07, 6.45) is 0. The van der Waals surface area contributed by atoms with Crippen molar-refractivity contribution in [1.29, 1.82) is 0 Å². The Hall–Kier alpha value is -1.97. The lowest BCUT2D eigenvalue weighted by molar-refractivity contribution is 0.392. The van der Waals surface area contributed by atoms with Crippen LogP contribution in [0, 0.1) is 5.82 Å². The molecule has 15 heavy (non-hydrogen) atoms. The molecule has 2 aromatic rings. The summed E-state index contributed by atoms with van der Waals surface area (Å²) in [5, 5.41) is 7.78. The van der Waals surface area contributed by atoms with Gasteiger partial charge in [-0.05, 0) is 30.3 Å². The molecule has 0 aliphatic rings. The summed E-state index contributed by atoms with van der Waals surface area (Å²) >= 11 is 0. The molecule has 4 heteroatoms. The Bertz CT molecular complexity index is 439. The van der Waals surface area contributed by atoms with Crippen molar-refractivity contribution in [1.82, 2.24) is 10.2 Å². The van der Waals surface area contributed by atoms with Crippen molar-refractivity contribution in [3.63, 3.8) is 0 Å². The first kappa shape index (κ1) is 9.58. The van der Waals surface area contributed by atoms with Crippen molar-refractivity contribution in [3.05, 3.63) is 42.2 Å². The van der Waals surface area contributed by atoms with Crippen molar-refractivity contribution in [3.8, 4) is 17.1 Å². The monoisotopic (exact) mass is 204 g/mol. The van der Waals surface area contributed by atoms with Crippen LogP contribution in [0.3, 0.4) is 0 Å². The number of benzene rings is 1.